The number of aromatic nitrogens is 3. The number of morpholine rings is 2. The largest absolute Gasteiger partial charge is 0.371 e. The van der Waals surface area contributed by atoms with Crippen LogP contribution in [0.15, 0.2) is 36.4 Å². The van der Waals surface area contributed by atoms with Crippen molar-refractivity contribution in [3.05, 3.63) is 47.7 Å². The lowest BCUT2D eigenvalue weighted by molar-refractivity contribution is 0.0251. The Morgan fingerprint density at radius 3 is 2.74 bits per heavy atom. The molecular formula is C25H28N6O3. The van der Waals surface area contributed by atoms with E-state index in [9.17, 15) is 4.79 Å². The van der Waals surface area contributed by atoms with Gasteiger partial charge in [0.2, 0.25) is 5.95 Å². The third-order valence-corrected chi connectivity index (χ3v) is 6.78. The van der Waals surface area contributed by atoms with Gasteiger partial charge < -0.3 is 25.0 Å². The summed E-state index contributed by atoms with van der Waals surface area (Å²) in [7, 11) is 1.63. The fraction of sp³-hybridized carbons (Fsp3) is 0.440. The first-order valence-electron chi connectivity index (χ1n) is 11.9. The van der Waals surface area contributed by atoms with Gasteiger partial charge in [0.05, 0.1) is 30.2 Å². The van der Waals surface area contributed by atoms with Crippen LogP contribution in [-0.4, -0.2) is 72.9 Å². The van der Waals surface area contributed by atoms with Crippen LogP contribution in [0.4, 0.5) is 5.95 Å². The van der Waals surface area contributed by atoms with Gasteiger partial charge in [-0.1, -0.05) is 12.1 Å². The van der Waals surface area contributed by atoms with Gasteiger partial charge in [-0.25, -0.2) is 9.97 Å². The summed E-state index contributed by atoms with van der Waals surface area (Å²) in [4.78, 5) is 29.2. The summed E-state index contributed by atoms with van der Waals surface area (Å²) >= 11 is 0. The predicted octanol–water partition coefficient (Wildman–Crippen LogP) is 2.08. The molecular weight excluding hydrogens is 432 g/mol. The molecule has 2 bridgehead atoms. The smallest absolute Gasteiger partial charge is 0.251 e. The second-order valence-electron chi connectivity index (χ2n) is 9.06. The van der Waals surface area contributed by atoms with Crippen molar-refractivity contribution in [3.8, 4) is 11.3 Å². The van der Waals surface area contributed by atoms with Crippen molar-refractivity contribution in [2.24, 2.45) is 0 Å². The van der Waals surface area contributed by atoms with Crippen molar-refractivity contribution >= 4 is 22.9 Å². The molecule has 2 N–H and O–H groups in total. The van der Waals surface area contributed by atoms with Gasteiger partial charge in [0.25, 0.3) is 5.91 Å². The van der Waals surface area contributed by atoms with Gasteiger partial charge in [-0.3, -0.25) is 4.79 Å². The summed E-state index contributed by atoms with van der Waals surface area (Å²) in [6.07, 6.45) is 2.49. The Morgan fingerprint density at radius 2 is 1.97 bits per heavy atom. The van der Waals surface area contributed by atoms with Crippen LogP contribution in [-0.2, 0) is 9.47 Å². The number of amides is 1. The van der Waals surface area contributed by atoms with Gasteiger partial charge in [-0.05, 0) is 37.1 Å². The number of fused-ring (bicyclic) bond motifs is 3. The summed E-state index contributed by atoms with van der Waals surface area (Å²) in [6, 6.07) is 11.4. The molecule has 0 aliphatic carbocycles. The van der Waals surface area contributed by atoms with E-state index in [1.807, 2.05) is 30.3 Å². The van der Waals surface area contributed by atoms with Gasteiger partial charge in [0, 0.05) is 49.7 Å². The topological polar surface area (TPSA) is 102 Å². The Labute approximate surface area is 197 Å². The SMILES string of the molecule is CNC(=O)c1cccc(-c2ccc3c(C4CNCCO4)nc(N4CC5CCC(C4)O5)nc3n2)c1. The van der Waals surface area contributed by atoms with E-state index in [0.29, 0.717) is 30.3 Å². The van der Waals surface area contributed by atoms with Crippen LogP contribution in [0.2, 0.25) is 0 Å². The van der Waals surface area contributed by atoms with E-state index in [4.69, 9.17) is 24.4 Å². The second kappa shape index (κ2) is 8.90. The highest BCUT2D eigenvalue weighted by molar-refractivity contribution is 5.95. The van der Waals surface area contributed by atoms with Gasteiger partial charge >= 0.3 is 0 Å². The molecule has 3 aliphatic heterocycles. The average Bonchev–Trinajstić information content (AvgIpc) is 3.24. The van der Waals surface area contributed by atoms with Crippen molar-refractivity contribution in [2.45, 2.75) is 31.2 Å². The average molecular weight is 461 g/mol. The van der Waals surface area contributed by atoms with Crippen LogP contribution in [0.25, 0.3) is 22.3 Å². The Morgan fingerprint density at radius 1 is 1.12 bits per heavy atom. The van der Waals surface area contributed by atoms with Crippen molar-refractivity contribution in [3.63, 3.8) is 0 Å². The van der Waals surface area contributed by atoms with E-state index >= 15 is 0 Å². The molecule has 176 valence electrons. The molecule has 0 saturated carbocycles. The lowest BCUT2D eigenvalue weighted by Crippen LogP contribution is -2.43. The Kier molecular flexibility index (Phi) is 5.60. The molecule has 3 saturated heterocycles. The molecule has 3 aliphatic rings. The van der Waals surface area contributed by atoms with Crippen LogP contribution in [0.5, 0.6) is 0 Å². The fourth-order valence-electron chi connectivity index (χ4n) is 5.05. The zero-order chi connectivity index (χ0) is 23.1. The Hall–Kier alpha value is -3.14. The first-order valence-corrected chi connectivity index (χ1v) is 11.9. The number of carbonyl (C=O) groups excluding carboxylic acids is 1. The van der Waals surface area contributed by atoms with E-state index in [1.165, 1.54) is 0 Å². The number of hydrogen-bond acceptors (Lipinski definition) is 8. The van der Waals surface area contributed by atoms with Crippen molar-refractivity contribution < 1.29 is 14.3 Å². The molecule has 3 atom stereocenters. The van der Waals surface area contributed by atoms with E-state index in [0.717, 1.165) is 54.8 Å². The van der Waals surface area contributed by atoms with Crippen LogP contribution < -0.4 is 15.5 Å². The number of pyridine rings is 1. The van der Waals surface area contributed by atoms with Crippen LogP contribution >= 0.6 is 0 Å². The maximum absolute atomic E-state index is 12.1. The molecule has 6 rings (SSSR count). The van der Waals surface area contributed by atoms with Crippen LogP contribution in [0.1, 0.15) is 35.0 Å². The molecule has 34 heavy (non-hydrogen) atoms. The fourth-order valence-corrected chi connectivity index (χ4v) is 5.05. The summed E-state index contributed by atoms with van der Waals surface area (Å²) in [5, 5.41) is 6.97. The molecule has 9 heteroatoms. The normalized spacial score (nSPS) is 24.4. The molecule has 1 aromatic carbocycles. The minimum Gasteiger partial charge on any atom is -0.371 e. The minimum atomic E-state index is -0.153. The highest BCUT2D eigenvalue weighted by atomic mass is 16.5. The minimum absolute atomic E-state index is 0.126. The lowest BCUT2D eigenvalue weighted by atomic mass is 10.1. The summed E-state index contributed by atoms with van der Waals surface area (Å²) in [6.45, 7) is 3.77. The number of benzene rings is 1. The predicted molar refractivity (Wildman–Crippen MR) is 128 cm³/mol. The molecule has 3 fully saturated rings. The summed E-state index contributed by atoms with van der Waals surface area (Å²) in [5.41, 5.74) is 3.72. The summed E-state index contributed by atoms with van der Waals surface area (Å²) < 4.78 is 12.1. The standard InChI is InChI=1S/C25H28N6O3/c1-26-24(32)16-4-2-3-15(11-16)20-8-7-19-22(21-12-27-9-10-33-21)29-25(30-23(19)28-20)31-13-17-5-6-18(14-31)34-17/h2-4,7-8,11,17-18,21,27H,5-6,9-10,12-14H2,1H3,(H,26,32). The van der Waals surface area contributed by atoms with Crippen LogP contribution in [0, 0.1) is 0 Å². The van der Waals surface area contributed by atoms with E-state index in [-0.39, 0.29) is 24.2 Å². The van der Waals surface area contributed by atoms with Gasteiger partial charge in [0.1, 0.15) is 6.10 Å². The number of anilines is 1. The highest BCUT2D eigenvalue weighted by Crippen LogP contribution is 2.32. The molecule has 1 amide bonds. The van der Waals surface area contributed by atoms with E-state index in [1.54, 1.807) is 13.1 Å². The number of rotatable bonds is 4. The molecule has 0 spiro atoms. The number of carbonyl (C=O) groups is 1. The number of ether oxygens (including phenoxy) is 2. The second-order valence-corrected chi connectivity index (χ2v) is 9.06. The van der Waals surface area contributed by atoms with Gasteiger partial charge in [0.15, 0.2) is 5.65 Å². The Bertz CT molecular complexity index is 1220. The molecule has 3 unspecified atom stereocenters. The number of nitrogens with zero attached hydrogens (tertiary/aromatic N) is 4. The van der Waals surface area contributed by atoms with E-state index in [2.05, 4.69) is 15.5 Å². The molecule has 2 aromatic heterocycles. The third-order valence-electron chi connectivity index (χ3n) is 6.78. The molecule has 0 radical (unpaired) electrons. The quantitative estimate of drug-likeness (QED) is 0.610. The first kappa shape index (κ1) is 21.4. The maximum atomic E-state index is 12.1. The number of hydrogen-bond donors (Lipinski definition) is 2. The first-order chi connectivity index (χ1) is 16.7. The molecule has 5 heterocycles. The Balaban J connectivity index is 1.44. The van der Waals surface area contributed by atoms with Gasteiger partial charge in [-0.2, -0.15) is 4.98 Å². The molecule has 9 nitrogen and oxygen atoms in total. The third kappa shape index (κ3) is 4.00. The maximum Gasteiger partial charge on any atom is 0.251 e. The van der Waals surface area contributed by atoms with Gasteiger partial charge in [-0.15, -0.1) is 0 Å². The molecule has 3 aromatic rings. The monoisotopic (exact) mass is 460 g/mol. The van der Waals surface area contributed by atoms with Crippen LogP contribution in [0.3, 0.4) is 0 Å². The highest BCUT2D eigenvalue weighted by Gasteiger charge is 2.35. The lowest BCUT2D eigenvalue weighted by Gasteiger charge is -2.33. The summed E-state index contributed by atoms with van der Waals surface area (Å²) in [5.74, 6) is 0.555. The van der Waals surface area contributed by atoms with Crippen molar-refractivity contribution in [1.82, 2.24) is 25.6 Å². The van der Waals surface area contributed by atoms with E-state index < -0.39 is 0 Å². The zero-order valence-electron chi connectivity index (χ0n) is 19.2. The zero-order valence-corrected chi connectivity index (χ0v) is 19.2. The van der Waals surface area contributed by atoms with Crippen molar-refractivity contribution in [1.29, 1.82) is 0 Å². The van der Waals surface area contributed by atoms with Crippen molar-refractivity contribution in [2.75, 3.05) is 44.7 Å². The number of nitrogens with one attached hydrogen (secondary N) is 2.